The third-order valence-corrected chi connectivity index (χ3v) is 11.4. The Morgan fingerprint density at radius 3 is 2.16 bits per heavy atom. The minimum absolute atomic E-state index is 0.0579. The van der Waals surface area contributed by atoms with Crippen LogP contribution in [-0.4, -0.2) is 21.4 Å². The van der Waals surface area contributed by atoms with E-state index in [0.29, 0.717) is 12.0 Å². The van der Waals surface area contributed by atoms with Crippen molar-refractivity contribution in [2.75, 3.05) is 7.11 Å². The maximum absolute atomic E-state index is 11.9. The van der Waals surface area contributed by atoms with Crippen molar-refractivity contribution in [1.82, 2.24) is 0 Å². The smallest absolute Gasteiger partial charge is 0.337 e. The summed E-state index contributed by atoms with van der Waals surface area (Å²) in [5.41, 5.74) is 3.19. The Labute approximate surface area is 195 Å². The summed E-state index contributed by atoms with van der Waals surface area (Å²) in [7, 11) is -0.948. The molecule has 0 aromatic heterocycles. The van der Waals surface area contributed by atoms with E-state index in [2.05, 4.69) is 55.9 Å². The highest BCUT2D eigenvalue weighted by Crippen LogP contribution is 2.45. The topological polar surface area (TPSA) is 59.3 Å². The summed E-state index contributed by atoms with van der Waals surface area (Å²) in [5, 5.41) is 10.5. The van der Waals surface area contributed by atoms with Gasteiger partial charge in [-0.3, -0.25) is 0 Å². The minimum Gasteiger partial charge on any atom is -0.465 e. The molecule has 0 saturated heterocycles. The number of nitrogens with zero attached hydrogens (tertiary/aromatic N) is 1. The molecule has 1 atom stereocenters. The minimum atomic E-state index is -2.31. The third kappa shape index (κ3) is 5.28. The lowest BCUT2D eigenvalue weighted by Gasteiger charge is -2.44. The Hall–Kier alpha value is -1.94. The van der Waals surface area contributed by atoms with Crippen LogP contribution in [0.25, 0.3) is 0 Å². The van der Waals surface area contributed by atoms with E-state index >= 15 is 0 Å². The van der Waals surface area contributed by atoms with Gasteiger partial charge in [-0.2, -0.15) is 5.26 Å². The second kappa shape index (κ2) is 9.28. The zero-order valence-corrected chi connectivity index (χ0v) is 22.3. The highest BCUT2D eigenvalue weighted by molar-refractivity contribution is 9.10. The van der Waals surface area contributed by atoms with Crippen LogP contribution in [0.4, 0.5) is 0 Å². The molecule has 0 fully saturated rings. The Morgan fingerprint density at radius 1 is 1.13 bits per heavy atom. The van der Waals surface area contributed by atoms with Crippen LogP contribution in [0, 0.1) is 25.2 Å². The van der Waals surface area contributed by atoms with Gasteiger partial charge in [0.25, 0.3) is 0 Å². The first kappa shape index (κ1) is 25.3. The zero-order valence-electron chi connectivity index (χ0n) is 19.7. The van der Waals surface area contributed by atoms with Gasteiger partial charge in [-0.25, -0.2) is 4.79 Å². The van der Waals surface area contributed by atoms with E-state index in [9.17, 15) is 10.1 Å². The highest BCUT2D eigenvalue weighted by Gasteiger charge is 2.47. The van der Waals surface area contributed by atoms with E-state index in [4.69, 9.17) is 9.16 Å². The number of hydrogen-bond acceptors (Lipinski definition) is 4. The molecule has 31 heavy (non-hydrogen) atoms. The summed E-state index contributed by atoms with van der Waals surface area (Å²) >= 11 is 3.59. The van der Waals surface area contributed by atoms with Gasteiger partial charge in [-0.05, 0) is 60.8 Å². The molecule has 2 aromatic carbocycles. The van der Waals surface area contributed by atoms with E-state index in [0.717, 1.165) is 26.7 Å². The molecule has 0 radical (unpaired) electrons. The predicted molar refractivity (Wildman–Crippen MR) is 131 cm³/mol. The number of carbonyl (C=O) groups excluding carboxylic acids is 1. The van der Waals surface area contributed by atoms with Crippen LogP contribution in [0.1, 0.15) is 53.4 Å². The third-order valence-electron chi connectivity index (χ3n) is 6.21. The molecule has 2 rings (SSSR count). The Balaban J connectivity index is 2.69. The fourth-order valence-corrected chi connectivity index (χ4v) is 5.45. The Morgan fingerprint density at radius 2 is 1.71 bits per heavy atom. The van der Waals surface area contributed by atoms with Crippen LogP contribution < -0.4 is 0 Å². The number of esters is 1. The number of hydrogen-bond donors (Lipinski definition) is 0. The quantitative estimate of drug-likeness (QED) is 0.321. The van der Waals surface area contributed by atoms with E-state index in [-0.39, 0.29) is 5.04 Å². The second-order valence-corrected chi connectivity index (χ2v) is 15.1. The number of methoxy groups -OCH3 is 1. The van der Waals surface area contributed by atoms with Gasteiger partial charge >= 0.3 is 5.97 Å². The lowest BCUT2D eigenvalue weighted by atomic mass is 9.83. The number of benzene rings is 2. The fourth-order valence-electron chi connectivity index (χ4n) is 3.54. The standard InChI is InChI=1S/C25H32BrNO3Si/c1-17-10-9-11-18(2)22(17)25(16-27,30-31(7,8)24(3,4)5)15-20-13-12-19(14-21(20)26)23(28)29-6/h9-14H,15H2,1-8H3. The van der Waals surface area contributed by atoms with Crippen molar-refractivity contribution in [2.24, 2.45) is 0 Å². The van der Waals surface area contributed by atoms with Crippen molar-refractivity contribution in [3.63, 3.8) is 0 Å². The first-order valence-corrected chi connectivity index (χ1v) is 14.0. The largest absolute Gasteiger partial charge is 0.465 e. The number of carbonyl (C=O) groups is 1. The van der Waals surface area contributed by atoms with Crippen LogP contribution in [0.15, 0.2) is 40.9 Å². The van der Waals surface area contributed by atoms with Gasteiger partial charge < -0.3 is 9.16 Å². The van der Waals surface area contributed by atoms with Crippen molar-refractivity contribution < 1.29 is 14.0 Å². The molecule has 6 heteroatoms. The molecule has 166 valence electrons. The van der Waals surface area contributed by atoms with E-state index < -0.39 is 19.9 Å². The van der Waals surface area contributed by atoms with Gasteiger partial charge in [0.1, 0.15) is 6.07 Å². The second-order valence-electron chi connectivity index (χ2n) is 9.54. The molecule has 0 aliphatic heterocycles. The first-order valence-electron chi connectivity index (χ1n) is 10.3. The zero-order chi connectivity index (χ0) is 23.6. The van der Waals surface area contributed by atoms with Crippen LogP contribution in [0.5, 0.6) is 0 Å². The molecule has 4 nitrogen and oxygen atoms in total. The highest BCUT2D eigenvalue weighted by atomic mass is 79.9. The molecule has 0 aliphatic carbocycles. The Bertz CT molecular complexity index is 1000. The van der Waals surface area contributed by atoms with Crippen molar-refractivity contribution >= 4 is 30.2 Å². The Kier molecular flexibility index (Phi) is 7.58. The lowest BCUT2D eigenvalue weighted by Crippen LogP contribution is -2.49. The summed E-state index contributed by atoms with van der Waals surface area (Å²) < 4.78 is 12.5. The number of halogens is 1. The average molecular weight is 503 g/mol. The SMILES string of the molecule is COC(=O)c1ccc(CC(C#N)(O[Si](C)(C)C(C)(C)C)c2c(C)cccc2C)c(Br)c1. The van der Waals surface area contributed by atoms with E-state index in [1.807, 2.05) is 38.1 Å². The average Bonchev–Trinajstić information content (AvgIpc) is 2.67. The van der Waals surface area contributed by atoms with Gasteiger partial charge in [-0.15, -0.1) is 0 Å². The molecule has 1 unspecified atom stereocenters. The molecule has 0 spiro atoms. The van der Waals surface area contributed by atoms with Gasteiger partial charge in [0, 0.05) is 16.5 Å². The number of rotatable bonds is 6. The van der Waals surface area contributed by atoms with Crippen molar-refractivity contribution in [3.8, 4) is 6.07 Å². The van der Waals surface area contributed by atoms with E-state index in [1.165, 1.54) is 7.11 Å². The molecular formula is C25H32BrNO3Si. The predicted octanol–water partition coefficient (Wildman–Crippen LogP) is 6.84. The van der Waals surface area contributed by atoms with Crippen LogP contribution >= 0.6 is 15.9 Å². The molecule has 0 heterocycles. The van der Waals surface area contributed by atoms with Crippen molar-refractivity contribution in [1.29, 1.82) is 5.26 Å². The maximum atomic E-state index is 11.9. The number of nitriles is 1. The lowest BCUT2D eigenvalue weighted by molar-refractivity contribution is 0.0600. The molecular weight excluding hydrogens is 470 g/mol. The van der Waals surface area contributed by atoms with Crippen LogP contribution in [-0.2, 0) is 21.2 Å². The summed E-state index contributed by atoms with van der Waals surface area (Å²) in [5.74, 6) is -0.397. The summed E-state index contributed by atoms with van der Waals surface area (Å²) in [6.07, 6.45) is 0.365. The van der Waals surface area contributed by atoms with Gasteiger partial charge in [0.05, 0.1) is 12.7 Å². The molecule has 0 amide bonds. The normalized spacial score (nSPS) is 13.9. The summed E-state index contributed by atoms with van der Waals surface area (Å²) in [6, 6.07) is 14.0. The molecule has 0 saturated carbocycles. The number of ether oxygens (including phenoxy) is 1. The van der Waals surface area contributed by atoms with Crippen LogP contribution in [0.2, 0.25) is 18.1 Å². The summed E-state index contributed by atoms with van der Waals surface area (Å²) in [6.45, 7) is 14.9. The van der Waals surface area contributed by atoms with E-state index in [1.54, 1.807) is 12.1 Å². The van der Waals surface area contributed by atoms with Crippen molar-refractivity contribution in [2.45, 2.75) is 64.8 Å². The molecule has 2 aromatic rings. The van der Waals surface area contributed by atoms with Gasteiger partial charge in [0.15, 0.2) is 13.9 Å². The molecule has 0 aliphatic rings. The first-order chi connectivity index (χ1) is 14.3. The number of aryl methyl sites for hydroxylation is 2. The van der Waals surface area contributed by atoms with Gasteiger partial charge in [0.2, 0.25) is 0 Å². The van der Waals surface area contributed by atoms with Gasteiger partial charge in [-0.1, -0.05) is 61.0 Å². The maximum Gasteiger partial charge on any atom is 0.337 e. The molecule has 0 N–H and O–H groups in total. The fraction of sp³-hybridized carbons (Fsp3) is 0.440. The van der Waals surface area contributed by atoms with Crippen molar-refractivity contribution in [3.05, 3.63) is 68.7 Å². The molecule has 0 bridgehead atoms. The monoisotopic (exact) mass is 501 g/mol. The summed E-state index contributed by atoms with van der Waals surface area (Å²) in [4.78, 5) is 11.9. The van der Waals surface area contributed by atoms with Crippen LogP contribution in [0.3, 0.4) is 0 Å².